The van der Waals surface area contributed by atoms with E-state index in [1.54, 1.807) is 6.26 Å². The van der Waals surface area contributed by atoms with Crippen molar-refractivity contribution in [2.24, 2.45) is 5.92 Å². The molecule has 2 heteroatoms. The van der Waals surface area contributed by atoms with Crippen LogP contribution in [0.25, 0.3) is 0 Å². The lowest BCUT2D eigenvalue weighted by Gasteiger charge is -2.51. The van der Waals surface area contributed by atoms with Gasteiger partial charge in [-0.1, -0.05) is 60.7 Å². The minimum atomic E-state index is -0.403. The Kier molecular flexibility index (Phi) is 2.26. The monoisotopic (exact) mass is 250 g/mol. The predicted molar refractivity (Wildman–Crippen MR) is 72.3 cm³/mol. The van der Waals surface area contributed by atoms with E-state index in [1.807, 2.05) is 12.1 Å². The van der Waals surface area contributed by atoms with Crippen molar-refractivity contribution in [3.05, 3.63) is 84.1 Å². The molecule has 2 aliphatic heterocycles. The number of hydrogen-bond donors (Lipinski definition) is 0. The average Bonchev–Trinajstić information content (AvgIpc) is 2.85. The van der Waals surface area contributed by atoms with Crippen molar-refractivity contribution in [2.45, 2.75) is 11.9 Å². The number of rotatable bonds is 2. The van der Waals surface area contributed by atoms with Gasteiger partial charge in [0.05, 0.1) is 12.2 Å². The smallest absolute Gasteiger partial charge is 0.210 e. The van der Waals surface area contributed by atoms with Gasteiger partial charge in [-0.05, 0) is 17.2 Å². The Labute approximate surface area is 112 Å². The van der Waals surface area contributed by atoms with E-state index < -0.39 is 5.60 Å². The summed E-state index contributed by atoms with van der Waals surface area (Å²) in [4.78, 5) is 0. The molecule has 1 saturated heterocycles. The molecule has 4 rings (SSSR count). The first-order valence-corrected chi connectivity index (χ1v) is 6.52. The van der Waals surface area contributed by atoms with Crippen LogP contribution >= 0.6 is 0 Å². The number of ether oxygens (including phenoxy) is 2. The van der Waals surface area contributed by atoms with Crippen LogP contribution in [-0.4, -0.2) is 6.29 Å². The molecule has 2 unspecified atom stereocenters. The van der Waals surface area contributed by atoms with E-state index in [9.17, 15) is 0 Å². The second-order valence-electron chi connectivity index (χ2n) is 4.94. The zero-order valence-electron chi connectivity index (χ0n) is 10.4. The molecule has 0 bridgehead atoms. The average molecular weight is 250 g/mol. The number of benzene rings is 2. The highest BCUT2D eigenvalue weighted by atomic mass is 16.7. The molecule has 0 saturated carbocycles. The Bertz CT molecular complexity index is 564. The molecular weight excluding hydrogens is 236 g/mol. The second kappa shape index (κ2) is 3.97. The molecule has 19 heavy (non-hydrogen) atoms. The Balaban J connectivity index is 1.88. The van der Waals surface area contributed by atoms with E-state index in [4.69, 9.17) is 9.47 Å². The minimum absolute atomic E-state index is 0.139. The summed E-state index contributed by atoms with van der Waals surface area (Å²) in [6, 6.07) is 20.7. The van der Waals surface area contributed by atoms with Crippen LogP contribution in [-0.2, 0) is 15.1 Å². The van der Waals surface area contributed by atoms with Crippen molar-refractivity contribution < 1.29 is 9.47 Å². The van der Waals surface area contributed by atoms with Gasteiger partial charge in [0.2, 0.25) is 6.29 Å². The highest BCUT2D eigenvalue weighted by Gasteiger charge is 2.59. The maximum Gasteiger partial charge on any atom is 0.210 e. The Morgan fingerprint density at radius 1 is 0.789 bits per heavy atom. The molecule has 0 aromatic heterocycles. The van der Waals surface area contributed by atoms with Gasteiger partial charge in [-0.25, -0.2) is 0 Å². The van der Waals surface area contributed by atoms with Gasteiger partial charge in [0.1, 0.15) is 5.60 Å². The maximum absolute atomic E-state index is 6.14. The summed E-state index contributed by atoms with van der Waals surface area (Å²) < 4.78 is 11.6. The maximum atomic E-state index is 6.14. The van der Waals surface area contributed by atoms with Crippen LogP contribution in [0.5, 0.6) is 0 Å². The topological polar surface area (TPSA) is 18.5 Å². The lowest BCUT2D eigenvalue weighted by Crippen LogP contribution is -2.56. The fraction of sp³-hybridized carbons (Fsp3) is 0.176. The lowest BCUT2D eigenvalue weighted by atomic mass is 9.71. The molecule has 94 valence electrons. The van der Waals surface area contributed by atoms with Crippen molar-refractivity contribution in [3.8, 4) is 0 Å². The van der Waals surface area contributed by atoms with Gasteiger partial charge in [0.15, 0.2) is 0 Å². The summed E-state index contributed by atoms with van der Waals surface area (Å²) in [7, 11) is 0. The molecule has 2 nitrogen and oxygen atoms in total. The lowest BCUT2D eigenvalue weighted by molar-refractivity contribution is -0.302. The number of fused-ring (bicyclic) bond motifs is 1. The van der Waals surface area contributed by atoms with Crippen molar-refractivity contribution in [2.75, 3.05) is 0 Å². The molecule has 2 atom stereocenters. The van der Waals surface area contributed by atoms with Gasteiger partial charge in [0, 0.05) is 0 Å². The van der Waals surface area contributed by atoms with Crippen LogP contribution < -0.4 is 0 Å². The van der Waals surface area contributed by atoms with E-state index in [-0.39, 0.29) is 12.2 Å². The van der Waals surface area contributed by atoms with Gasteiger partial charge in [0.25, 0.3) is 0 Å². The number of hydrogen-bond acceptors (Lipinski definition) is 2. The van der Waals surface area contributed by atoms with E-state index >= 15 is 0 Å². The zero-order chi connectivity index (χ0) is 12.7. The molecule has 0 amide bonds. The van der Waals surface area contributed by atoms with Crippen molar-refractivity contribution in [3.63, 3.8) is 0 Å². The van der Waals surface area contributed by atoms with E-state index in [0.717, 1.165) is 0 Å². The molecule has 2 aliphatic rings. The van der Waals surface area contributed by atoms with Gasteiger partial charge < -0.3 is 9.47 Å². The molecular formula is C17H14O2. The molecule has 2 aromatic carbocycles. The van der Waals surface area contributed by atoms with Gasteiger partial charge in [-0.15, -0.1) is 0 Å². The second-order valence-corrected chi connectivity index (χ2v) is 4.94. The van der Waals surface area contributed by atoms with Gasteiger partial charge in [-0.2, -0.15) is 0 Å². The summed E-state index contributed by atoms with van der Waals surface area (Å²) in [5.74, 6) is 0.247. The molecule has 0 aliphatic carbocycles. The highest BCUT2D eigenvalue weighted by Crippen LogP contribution is 2.54. The van der Waals surface area contributed by atoms with Crippen molar-refractivity contribution in [1.82, 2.24) is 0 Å². The summed E-state index contributed by atoms with van der Waals surface area (Å²) in [5, 5.41) is 0. The van der Waals surface area contributed by atoms with Crippen LogP contribution in [0.2, 0.25) is 0 Å². The zero-order valence-corrected chi connectivity index (χ0v) is 10.4. The highest BCUT2D eigenvalue weighted by molar-refractivity contribution is 5.42. The first-order chi connectivity index (χ1) is 9.41. The molecule has 0 spiro atoms. The van der Waals surface area contributed by atoms with Crippen LogP contribution in [0.1, 0.15) is 11.1 Å². The minimum Gasteiger partial charge on any atom is -0.472 e. The SMILES string of the molecule is C1=CC2C(O1)OC2(c1ccccc1)c1ccccc1. The summed E-state index contributed by atoms with van der Waals surface area (Å²) in [6.07, 6.45) is 3.72. The largest absolute Gasteiger partial charge is 0.472 e. The van der Waals surface area contributed by atoms with Gasteiger partial charge in [-0.3, -0.25) is 0 Å². The molecule has 0 radical (unpaired) electrons. The summed E-state index contributed by atoms with van der Waals surface area (Å²) in [6.45, 7) is 0. The molecule has 2 aromatic rings. The fourth-order valence-electron chi connectivity index (χ4n) is 3.06. The fourth-order valence-corrected chi connectivity index (χ4v) is 3.06. The van der Waals surface area contributed by atoms with Crippen molar-refractivity contribution in [1.29, 1.82) is 0 Å². The first kappa shape index (κ1) is 10.8. The van der Waals surface area contributed by atoms with Crippen LogP contribution in [0, 0.1) is 5.92 Å². The predicted octanol–water partition coefficient (Wildman–Crippen LogP) is 3.45. The van der Waals surface area contributed by atoms with E-state index in [2.05, 4.69) is 54.6 Å². The summed E-state index contributed by atoms with van der Waals surface area (Å²) >= 11 is 0. The Morgan fingerprint density at radius 2 is 1.37 bits per heavy atom. The standard InChI is InChI=1S/C17H14O2/c1-3-7-13(8-4-1)17(14-9-5-2-6-10-14)15-11-12-18-16(15)19-17/h1-12,15-16H. The molecule has 2 heterocycles. The van der Waals surface area contributed by atoms with E-state index in [1.165, 1.54) is 11.1 Å². The third kappa shape index (κ3) is 1.41. The third-order valence-electron chi connectivity index (χ3n) is 3.97. The summed E-state index contributed by atoms with van der Waals surface area (Å²) in [5.41, 5.74) is 1.95. The Morgan fingerprint density at radius 3 is 1.89 bits per heavy atom. The Hall–Kier alpha value is -2.06. The molecule has 1 fully saturated rings. The van der Waals surface area contributed by atoms with Crippen molar-refractivity contribution >= 4 is 0 Å². The van der Waals surface area contributed by atoms with Crippen LogP contribution in [0.3, 0.4) is 0 Å². The normalized spacial score (nSPS) is 26.3. The van der Waals surface area contributed by atoms with Crippen LogP contribution in [0.4, 0.5) is 0 Å². The van der Waals surface area contributed by atoms with Crippen LogP contribution in [0.15, 0.2) is 73.0 Å². The quantitative estimate of drug-likeness (QED) is 0.812. The van der Waals surface area contributed by atoms with E-state index in [0.29, 0.717) is 0 Å². The molecule has 0 N–H and O–H groups in total. The van der Waals surface area contributed by atoms with Gasteiger partial charge >= 0.3 is 0 Å². The third-order valence-corrected chi connectivity index (χ3v) is 3.97. The first-order valence-electron chi connectivity index (χ1n) is 6.52.